The topological polar surface area (TPSA) is 12.0 Å². The van der Waals surface area contributed by atoms with Gasteiger partial charge in [0.1, 0.15) is 5.82 Å². The average Bonchev–Trinajstić information content (AvgIpc) is 2.81. The van der Waals surface area contributed by atoms with E-state index in [-0.39, 0.29) is 5.82 Å². The van der Waals surface area contributed by atoms with Gasteiger partial charge in [-0.15, -0.1) is 0 Å². The number of rotatable bonds is 5. The highest BCUT2D eigenvalue weighted by atomic mass is 19.1. The van der Waals surface area contributed by atoms with Gasteiger partial charge in [-0.2, -0.15) is 0 Å². The number of hydrogen-bond donors (Lipinski definition) is 1. The van der Waals surface area contributed by atoms with Crippen LogP contribution in [0.4, 0.5) is 4.39 Å². The quantitative estimate of drug-likeness (QED) is 0.834. The molecule has 1 N–H and O–H groups in total. The van der Waals surface area contributed by atoms with Crippen molar-refractivity contribution in [1.82, 2.24) is 5.32 Å². The van der Waals surface area contributed by atoms with E-state index in [1.165, 1.54) is 31.7 Å². The number of nitrogens with one attached hydrogen (secondary N) is 1. The van der Waals surface area contributed by atoms with E-state index in [1.807, 2.05) is 6.07 Å². The monoisotopic (exact) mass is 249 g/mol. The average molecular weight is 249 g/mol. The van der Waals surface area contributed by atoms with Crippen molar-refractivity contribution in [2.75, 3.05) is 0 Å². The fourth-order valence-corrected chi connectivity index (χ4v) is 3.12. The SMILES string of the molecule is CC(Cc1cccc(F)c1)N[C@H](C)C1CCCC1. The zero-order valence-corrected chi connectivity index (χ0v) is 11.5. The van der Waals surface area contributed by atoms with Crippen molar-refractivity contribution in [2.45, 2.75) is 58.0 Å². The molecule has 2 atom stereocenters. The maximum Gasteiger partial charge on any atom is 0.123 e. The van der Waals surface area contributed by atoms with Crippen LogP contribution in [0.15, 0.2) is 24.3 Å². The number of halogens is 1. The van der Waals surface area contributed by atoms with Crippen LogP contribution in [-0.4, -0.2) is 12.1 Å². The molecule has 1 saturated carbocycles. The van der Waals surface area contributed by atoms with Crippen molar-refractivity contribution < 1.29 is 4.39 Å². The summed E-state index contributed by atoms with van der Waals surface area (Å²) in [7, 11) is 0. The highest BCUT2D eigenvalue weighted by Gasteiger charge is 2.22. The Labute approximate surface area is 110 Å². The molecular weight excluding hydrogens is 225 g/mol. The van der Waals surface area contributed by atoms with E-state index in [0.717, 1.165) is 17.9 Å². The van der Waals surface area contributed by atoms with Crippen LogP contribution in [0.1, 0.15) is 45.1 Å². The van der Waals surface area contributed by atoms with Crippen LogP contribution in [0, 0.1) is 11.7 Å². The van der Waals surface area contributed by atoms with Crippen molar-refractivity contribution in [1.29, 1.82) is 0 Å². The van der Waals surface area contributed by atoms with E-state index in [9.17, 15) is 4.39 Å². The lowest BCUT2D eigenvalue weighted by Gasteiger charge is -2.25. The first-order valence-electron chi connectivity index (χ1n) is 7.15. The minimum atomic E-state index is -0.136. The van der Waals surface area contributed by atoms with E-state index in [0.29, 0.717) is 12.1 Å². The molecule has 1 aliphatic carbocycles. The fourth-order valence-electron chi connectivity index (χ4n) is 3.12. The summed E-state index contributed by atoms with van der Waals surface area (Å²) >= 11 is 0. The number of benzene rings is 1. The molecule has 0 amide bonds. The Morgan fingerprint density at radius 2 is 2.00 bits per heavy atom. The van der Waals surface area contributed by atoms with Crippen molar-refractivity contribution >= 4 is 0 Å². The van der Waals surface area contributed by atoms with Gasteiger partial charge in [-0.3, -0.25) is 0 Å². The first-order valence-corrected chi connectivity index (χ1v) is 7.15. The third-order valence-corrected chi connectivity index (χ3v) is 4.09. The molecule has 0 radical (unpaired) electrons. The minimum absolute atomic E-state index is 0.136. The van der Waals surface area contributed by atoms with Crippen LogP contribution >= 0.6 is 0 Å². The molecule has 1 aliphatic rings. The van der Waals surface area contributed by atoms with E-state index in [4.69, 9.17) is 0 Å². The lowest BCUT2D eigenvalue weighted by atomic mass is 9.98. The molecule has 0 aromatic heterocycles. The van der Waals surface area contributed by atoms with E-state index in [1.54, 1.807) is 12.1 Å². The highest BCUT2D eigenvalue weighted by molar-refractivity contribution is 5.17. The second-order valence-corrected chi connectivity index (χ2v) is 5.73. The molecule has 1 unspecified atom stereocenters. The van der Waals surface area contributed by atoms with Gasteiger partial charge in [0.15, 0.2) is 0 Å². The smallest absolute Gasteiger partial charge is 0.123 e. The van der Waals surface area contributed by atoms with Crippen LogP contribution in [0.5, 0.6) is 0 Å². The van der Waals surface area contributed by atoms with Gasteiger partial charge in [-0.25, -0.2) is 4.39 Å². The lowest BCUT2D eigenvalue weighted by Crippen LogP contribution is -2.39. The van der Waals surface area contributed by atoms with Gasteiger partial charge >= 0.3 is 0 Å². The molecule has 0 bridgehead atoms. The van der Waals surface area contributed by atoms with E-state index in [2.05, 4.69) is 19.2 Å². The van der Waals surface area contributed by atoms with Crippen molar-refractivity contribution in [3.05, 3.63) is 35.6 Å². The summed E-state index contributed by atoms with van der Waals surface area (Å²) in [6.07, 6.45) is 6.39. The highest BCUT2D eigenvalue weighted by Crippen LogP contribution is 2.27. The predicted octanol–water partition coefficient (Wildman–Crippen LogP) is 3.93. The van der Waals surface area contributed by atoms with Gasteiger partial charge in [0.05, 0.1) is 0 Å². The van der Waals surface area contributed by atoms with Gasteiger partial charge in [0.2, 0.25) is 0 Å². The normalized spacial score (nSPS) is 19.9. The van der Waals surface area contributed by atoms with Gasteiger partial charge < -0.3 is 5.32 Å². The Morgan fingerprint density at radius 3 is 2.67 bits per heavy atom. The van der Waals surface area contributed by atoms with Crippen LogP contribution in [-0.2, 0) is 6.42 Å². The summed E-state index contributed by atoms with van der Waals surface area (Å²) in [6, 6.07) is 7.92. The van der Waals surface area contributed by atoms with Gasteiger partial charge in [-0.1, -0.05) is 25.0 Å². The van der Waals surface area contributed by atoms with Gasteiger partial charge in [0.25, 0.3) is 0 Å². The fraction of sp³-hybridized carbons (Fsp3) is 0.625. The van der Waals surface area contributed by atoms with Crippen LogP contribution in [0.3, 0.4) is 0 Å². The van der Waals surface area contributed by atoms with Crippen LogP contribution in [0.25, 0.3) is 0 Å². The molecule has 1 aromatic carbocycles. The van der Waals surface area contributed by atoms with Crippen molar-refractivity contribution in [3.8, 4) is 0 Å². The molecule has 1 fully saturated rings. The maximum absolute atomic E-state index is 13.1. The summed E-state index contributed by atoms with van der Waals surface area (Å²) in [5, 5.41) is 3.67. The summed E-state index contributed by atoms with van der Waals surface area (Å²) < 4.78 is 13.1. The summed E-state index contributed by atoms with van der Waals surface area (Å²) in [5.41, 5.74) is 1.08. The first-order chi connectivity index (χ1) is 8.65. The molecule has 1 aromatic rings. The van der Waals surface area contributed by atoms with Gasteiger partial charge in [0, 0.05) is 12.1 Å². The zero-order chi connectivity index (χ0) is 13.0. The molecule has 0 saturated heterocycles. The molecule has 2 heteroatoms. The summed E-state index contributed by atoms with van der Waals surface area (Å²) in [4.78, 5) is 0. The Balaban J connectivity index is 1.82. The molecule has 0 spiro atoms. The minimum Gasteiger partial charge on any atom is -0.311 e. The third kappa shape index (κ3) is 3.81. The Morgan fingerprint density at radius 1 is 1.28 bits per heavy atom. The van der Waals surface area contributed by atoms with Crippen molar-refractivity contribution in [2.24, 2.45) is 5.92 Å². The second-order valence-electron chi connectivity index (χ2n) is 5.73. The van der Waals surface area contributed by atoms with Crippen LogP contribution in [0.2, 0.25) is 0 Å². The molecule has 18 heavy (non-hydrogen) atoms. The lowest BCUT2D eigenvalue weighted by molar-refractivity contribution is 0.348. The largest absolute Gasteiger partial charge is 0.311 e. The molecule has 2 rings (SSSR count). The molecular formula is C16H24FN. The zero-order valence-electron chi connectivity index (χ0n) is 11.5. The first kappa shape index (κ1) is 13.5. The van der Waals surface area contributed by atoms with Crippen molar-refractivity contribution in [3.63, 3.8) is 0 Å². The second kappa shape index (κ2) is 6.33. The standard InChI is InChI=1S/C16H24FN/c1-12(10-14-6-5-9-16(17)11-14)18-13(2)15-7-3-4-8-15/h5-6,9,11-13,15,18H,3-4,7-8,10H2,1-2H3/t12?,13-/m1/s1. The Hall–Kier alpha value is -0.890. The van der Waals surface area contributed by atoms with Gasteiger partial charge in [-0.05, 0) is 56.7 Å². The molecule has 0 aliphatic heterocycles. The van der Waals surface area contributed by atoms with E-state index >= 15 is 0 Å². The summed E-state index contributed by atoms with van der Waals surface area (Å²) in [6.45, 7) is 4.48. The summed E-state index contributed by atoms with van der Waals surface area (Å²) in [5.74, 6) is 0.698. The Bertz CT molecular complexity index is 371. The molecule has 0 heterocycles. The number of hydrogen-bond acceptors (Lipinski definition) is 1. The predicted molar refractivity (Wildman–Crippen MR) is 74.1 cm³/mol. The van der Waals surface area contributed by atoms with E-state index < -0.39 is 0 Å². The Kier molecular flexibility index (Phi) is 4.76. The molecule has 100 valence electrons. The third-order valence-electron chi connectivity index (χ3n) is 4.09. The van der Waals surface area contributed by atoms with Crippen LogP contribution < -0.4 is 5.32 Å². The maximum atomic E-state index is 13.1. The molecule has 1 nitrogen and oxygen atoms in total.